The molecule has 3 heterocycles. The number of nitrogens with zero attached hydrogens (tertiary/aromatic N) is 2. The average Bonchev–Trinajstić information content (AvgIpc) is 2.80. The Labute approximate surface area is 195 Å². The summed E-state index contributed by atoms with van der Waals surface area (Å²) in [6, 6.07) is 22.6. The van der Waals surface area contributed by atoms with Gasteiger partial charge in [-0.3, -0.25) is 0 Å². The summed E-state index contributed by atoms with van der Waals surface area (Å²) >= 11 is -0.859. The molecule has 0 amide bonds. The normalized spacial score (nSPS) is 15.7. The van der Waals surface area contributed by atoms with Gasteiger partial charge in [0.05, 0.1) is 0 Å². The van der Waals surface area contributed by atoms with Crippen LogP contribution in [0.2, 0.25) is 0 Å². The van der Waals surface area contributed by atoms with Gasteiger partial charge >= 0.3 is 198 Å². The number of hydrogen-bond acceptors (Lipinski definition) is 2. The molecule has 144 valence electrons. The van der Waals surface area contributed by atoms with Gasteiger partial charge in [-0.05, 0) is 0 Å². The van der Waals surface area contributed by atoms with Gasteiger partial charge < -0.3 is 0 Å². The molecule has 2 nitrogen and oxygen atoms in total. The van der Waals surface area contributed by atoms with Gasteiger partial charge in [-0.25, -0.2) is 0 Å². The van der Waals surface area contributed by atoms with Crippen molar-refractivity contribution in [1.29, 1.82) is 0 Å². The summed E-state index contributed by atoms with van der Waals surface area (Å²) in [6.45, 7) is 3.59. The second-order valence-electron chi connectivity index (χ2n) is 7.65. The van der Waals surface area contributed by atoms with Crippen LogP contribution in [0.3, 0.4) is 0 Å². The quantitative estimate of drug-likeness (QED) is 0.392. The Morgan fingerprint density at radius 3 is 2.52 bits per heavy atom. The first-order valence-corrected chi connectivity index (χ1v) is 28.4. The zero-order valence-electron chi connectivity index (χ0n) is 16.3. The van der Waals surface area contributed by atoms with Gasteiger partial charge in [0, 0.05) is 0 Å². The van der Waals surface area contributed by atoms with Gasteiger partial charge in [0.15, 0.2) is 0 Å². The second-order valence-corrected chi connectivity index (χ2v) is 46.8. The van der Waals surface area contributed by atoms with Gasteiger partial charge in [-0.15, -0.1) is 0 Å². The number of piperidine rings is 1. The Balaban J connectivity index is 1.51. The van der Waals surface area contributed by atoms with Crippen molar-refractivity contribution >= 4 is 7.13 Å². The number of hydrogen-bond donors (Lipinski definition) is 0. The molecule has 3 aromatic rings. The van der Waals surface area contributed by atoms with Crippen LogP contribution >= 0.6 is 0 Å². The van der Waals surface area contributed by atoms with Crippen LogP contribution in [0.25, 0.3) is 22.4 Å². The predicted molar refractivity (Wildman–Crippen MR) is 109 cm³/mol. The second kappa shape index (κ2) is 9.91. The van der Waals surface area contributed by atoms with Gasteiger partial charge in [0.1, 0.15) is 0 Å². The molecular weight excluding hydrogens is 789 g/mol. The molecule has 29 heavy (non-hydrogen) atoms. The van der Waals surface area contributed by atoms with Crippen LogP contribution in [-0.2, 0) is 30.1 Å². The topological polar surface area (TPSA) is 16.1 Å². The van der Waals surface area contributed by atoms with E-state index < -0.39 is 24.0 Å². The SMILES string of the molecule is [CH]1=[W][V]=[U][c]2nc(-c3ccc(CN4CCCCC4)cc3)c(-c3ccccc3)cc21. The van der Waals surface area contributed by atoms with Crippen molar-refractivity contribution in [3.05, 3.63) is 71.8 Å². The maximum absolute atomic E-state index is 5.31. The van der Waals surface area contributed by atoms with Gasteiger partial charge in [0.25, 0.3) is 0 Å². The Morgan fingerprint density at radius 2 is 1.72 bits per heavy atom. The van der Waals surface area contributed by atoms with E-state index in [-0.39, 0.29) is 15.7 Å². The molecule has 2 aliphatic heterocycles. The molecule has 0 N–H and O–H groups in total. The summed E-state index contributed by atoms with van der Waals surface area (Å²) < 4.78 is 4.16. The van der Waals surface area contributed by atoms with Crippen LogP contribution in [0.1, 0.15) is 30.4 Å². The molecule has 0 spiro atoms. The molecule has 0 bridgehead atoms. The van der Waals surface area contributed by atoms with Crippen LogP contribution in [-0.4, -0.2) is 27.4 Å². The van der Waals surface area contributed by atoms with Crippen molar-refractivity contribution in [2.24, 2.45) is 0 Å². The molecule has 0 radical (unpaired) electrons. The van der Waals surface area contributed by atoms with Gasteiger partial charge in [-0.1, -0.05) is 0 Å². The van der Waals surface area contributed by atoms with Crippen LogP contribution < -0.4 is 2.73 Å². The Bertz CT molecular complexity index is 1060. The third-order valence-corrected chi connectivity index (χ3v) is 44.7. The first kappa shape index (κ1) is 20.6. The molecule has 0 saturated carbocycles. The third-order valence-electron chi connectivity index (χ3n) is 5.60. The van der Waals surface area contributed by atoms with Gasteiger partial charge in [0.2, 0.25) is 0 Å². The standard InChI is InChI=1S/C24H23N2.U.V.W/c1-19-16-23(21-8-4-2-5-9-21)24(25-17-19)22-12-10-20(11-13-22)18-26-14-6-3-7-15-26;;;/h1-2,4-5,8-13,16H,3,6-7,14-15,18H2;;;. The molecule has 1 aromatic heterocycles. The number of rotatable bonds is 4. The zero-order valence-corrected chi connectivity index (χ0v) is 24.8. The van der Waals surface area contributed by atoms with Crippen molar-refractivity contribution in [3.63, 3.8) is 0 Å². The minimum atomic E-state index is -0.742. The van der Waals surface area contributed by atoms with E-state index in [2.05, 4.69) is 70.0 Å². The summed E-state index contributed by atoms with van der Waals surface area (Å²) in [7, 11) is 0.757. The van der Waals surface area contributed by atoms with E-state index in [0.717, 1.165) is 14.4 Å². The Morgan fingerprint density at radius 1 is 0.931 bits per heavy atom. The van der Waals surface area contributed by atoms with E-state index in [1.807, 2.05) is 0 Å². The summed E-state index contributed by atoms with van der Waals surface area (Å²) in [6.07, 6.45) is 4.10. The van der Waals surface area contributed by atoms with E-state index in [4.69, 9.17) is 4.98 Å². The first-order chi connectivity index (χ1) is 14.4. The third kappa shape index (κ3) is 4.98. The summed E-state index contributed by atoms with van der Waals surface area (Å²) in [5, 5.41) is 0. The monoisotopic (exact) mass is 812 g/mol. The molecule has 5 heteroatoms. The van der Waals surface area contributed by atoms with Crippen molar-refractivity contribution in [3.8, 4) is 22.4 Å². The van der Waals surface area contributed by atoms with E-state index in [1.165, 1.54) is 65.9 Å². The minimum absolute atomic E-state index is 0.117. The number of fused-ring (bicyclic) bond motifs is 1. The average molecular weight is 812 g/mol. The number of aromatic nitrogens is 1. The fourth-order valence-corrected chi connectivity index (χ4v) is 42.8. The van der Waals surface area contributed by atoms with Crippen molar-refractivity contribution < 1.29 is 47.6 Å². The fraction of sp³-hybridized carbons (Fsp3) is 0.250. The molecule has 2 aliphatic rings. The van der Waals surface area contributed by atoms with E-state index in [0.29, 0.717) is 0 Å². The van der Waals surface area contributed by atoms with Crippen LogP contribution in [0, 0.1) is 24.0 Å². The van der Waals surface area contributed by atoms with Crippen molar-refractivity contribution in [2.75, 3.05) is 13.1 Å². The fourth-order valence-electron chi connectivity index (χ4n) is 4.06. The van der Waals surface area contributed by atoms with Gasteiger partial charge in [-0.2, -0.15) is 0 Å². The molecule has 0 aliphatic carbocycles. The predicted octanol–water partition coefficient (Wildman–Crippen LogP) is 4.27. The molecule has 0 atom stereocenters. The number of pyridine rings is 1. The summed E-state index contributed by atoms with van der Waals surface area (Å²) in [5.41, 5.74) is 8.03. The summed E-state index contributed by atoms with van der Waals surface area (Å²) in [4.78, 5) is 7.91. The molecule has 5 rings (SSSR count). The Kier molecular flexibility index (Phi) is 7.05. The number of benzene rings is 2. The zero-order chi connectivity index (χ0) is 19.5. The molecule has 0 unspecified atom stereocenters. The molecular formula is C24H23N2UVW. The van der Waals surface area contributed by atoms with Crippen LogP contribution in [0.15, 0.2) is 60.7 Å². The first-order valence-electron chi connectivity index (χ1n) is 10.2. The number of likely N-dealkylation sites (tertiary alicyclic amines) is 1. The molecule has 1 fully saturated rings. The van der Waals surface area contributed by atoms with Crippen molar-refractivity contribution in [1.82, 2.24) is 9.88 Å². The van der Waals surface area contributed by atoms with Crippen LogP contribution in [0.5, 0.6) is 0 Å². The summed E-state index contributed by atoms with van der Waals surface area (Å²) in [5.74, 6) is 0. The maximum atomic E-state index is 5.31. The van der Waals surface area contributed by atoms with Crippen LogP contribution in [0.4, 0.5) is 0 Å². The van der Waals surface area contributed by atoms with E-state index >= 15 is 0 Å². The van der Waals surface area contributed by atoms with E-state index in [1.54, 1.807) is 2.73 Å². The van der Waals surface area contributed by atoms with E-state index in [9.17, 15) is 0 Å². The Hall–Kier alpha value is -0.255. The molecule has 2 aromatic carbocycles. The molecule has 1 saturated heterocycles. The van der Waals surface area contributed by atoms with Crippen molar-refractivity contribution in [2.45, 2.75) is 25.8 Å².